The molecule has 15 nitrogen and oxygen atoms in total. The number of carboxylic acids is 1. The largest absolute Gasteiger partial charge is 0.477 e. The normalized spacial score (nSPS) is 20.3. The molecule has 232 valence electrons. The van der Waals surface area contributed by atoms with Crippen molar-refractivity contribution in [3.63, 3.8) is 0 Å². The minimum absolute atomic E-state index is 0.112. The summed E-state index contributed by atoms with van der Waals surface area (Å²) in [5.74, 6) is -3.10. The van der Waals surface area contributed by atoms with Crippen molar-refractivity contribution in [2.24, 2.45) is 5.16 Å². The number of esters is 2. The molecule has 4 N–H and O–H groups in total. The molecule has 1 aromatic heterocycles. The van der Waals surface area contributed by atoms with E-state index in [0.717, 1.165) is 22.5 Å². The number of amides is 2. The number of nitrogen functional groups attached to an aromatic ring is 1. The number of quaternary nitrogens is 1. The molecule has 1 aromatic carbocycles. The summed E-state index contributed by atoms with van der Waals surface area (Å²) in [4.78, 5) is 72.1. The minimum Gasteiger partial charge on any atom is -0.477 e. The number of nitrogens with two attached hydrogens (primary N) is 1. The summed E-state index contributed by atoms with van der Waals surface area (Å²) in [5, 5.41) is 17.7. The van der Waals surface area contributed by atoms with Crippen LogP contribution in [-0.2, 0) is 41.9 Å². The highest BCUT2D eigenvalue weighted by Gasteiger charge is 2.55. The van der Waals surface area contributed by atoms with E-state index in [1.165, 1.54) is 43.0 Å². The molecular weight excluding hydrogens is 616 g/mol. The van der Waals surface area contributed by atoms with Gasteiger partial charge in [0.25, 0.3) is 11.8 Å². The fourth-order valence-electron chi connectivity index (χ4n) is 5.57. The number of carboxylic acid groups (broad SMARTS) is 1. The summed E-state index contributed by atoms with van der Waals surface area (Å²) in [5.41, 5.74) is 7.86. The fraction of sp³-hybridized carbons (Fsp3) is 0.370. The third-order valence-corrected chi connectivity index (χ3v) is 9.16. The number of thioether (sulfide) groups is 1. The van der Waals surface area contributed by atoms with Gasteiger partial charge < -0.3 is 35.0 Å². The van der Waals surface area contributed by atoms with Crippen LogP contribution < -0.4 is 20.5 Å². The molecule has 1 unspecified atom stereocenters. The number of nitrogens with one attached hydrogen (secondary N) is 1. The van der Waals surface area contributed by atoms with Gasteiger partial charge in [-0.25, -0.2) is 9.78 Å². The Bertz CT molecular complexity index is 1610. The van der Waals surface area contributed by atoms with E-state index in [0.29, 0.717) is 35.4 Å². The lowest BCUT2D eigenvalue weighted by Crippen LogP contribution is -2.71. The number of oxime groups is 1. The van der Waals surface area contributed by atoms with Crippen LogP contribution in [0.5, 0.6) is 11.5 Å². The molecule has 3 aliphatic rings. The lowest BCUT2D eigenvalue weighted by molar-refractivity contribution is -0.924. The van der Waals surface area contributed by atoms with E-state index in [4.69, 9.17) is 20.0 Å². The van der Waals surface area contributed by atoms with Gasteiger partial charge >= 0.3 is 17.9 Å². The topological polar surface area (TPSA) is 200 Å². The Morgan fingerprint density at radius 1 is 1.16 bits per heavy atom. The molecule has 3 aliphatic heterocycles. The Hall–Kier alpha value is -4.48. The second-order valence-electron chi connectivity index (χ2n) is 10.7. The average Bonchev–Trinajstić information content (AvgIpc) is 3.50. The Kier molecular flexibility index (Phi) is 8.37. The lowest BCUT2D eigenvalue weighted by atomic mass is 10.0. The number of benzene rings is 1. The quantitative estimate of drug-likeness (QED) is 0.0868. The van der Waals surface area contributed by atoms with Crippen LogP contribution in [0, 0.1) is 0 Å². The predicted molar refractivity (Wildman–Crippen MR) is 157 cm³/mol. The maximum absolute atomic E-state index is 13.3. The highest BCUT2D eigenvalue weighted by Crippen LogP contribution is 2.43. The highest BCUT2D eigenvalue weighted by molar-refractivity contribution is 8.00. The zero-order valence-corrected chi connectivity index (χ0v) is 25.7. The number of likely N-dealkylation sites (N-methyl/N-ethyl adjacent to an activating group) is 1. The zero-order chi connectivity index (χ0) is 31.9. The number of aliphatic carboxylic acids is 1. The molecule has 0 spiro atoms. The number of thiazole rings is 1. The maximum atomic E-state index is 13.3. The van der Waals surface area contributed by atoms with Crippen molar-refractivity contribution in [1.82, 2.24) is 15.2 Å². The van der Waals surface area contributed by atoms with E-state index >= 15 is 0 Å². The first kappa shape index (κ1) is 31.0. The Balaban J connectivity index is 1.35. The van der Waals surface area contributed by atoms with E-state index in [1.807, 2.05) is 7.05 Å². The van der Waals surface area contributed by atoms with Crippen LogP contribution >= 0.6 is 23.1 Å². The van der Waals surface area contributed by atoms with E-state index in [1.54, 1.807) is 12.1 Å². The van der Waals surface area contributed by atoms with Gasteiger partial charge in [0, 0.05) is 41.7 Å². The molecule has 2 aromatic rings. The van der Waals surface area contributed by atoms with E-state index in [-0.39, 0.29) is 33.7 Å². The Morgan fingerprint density at radius 3 is 2.27 bits per heavy atom. The van der Waals surface area contributed by atoms with Crippen molar-refractivity contribution < 1.29 is 47.9 Å². The first-order valence-electron chi connectivity index (χ1n) is 13.2. The van der Waals surface area contributed by atoms with Crippen molar-refractivity contribution in [2.75, 3.05) is 32.2 Å². The first-order chi connectivity index (χ1) is 20.8. The van der Waals surface area contributed by atoms with Gasteiger partial charge in [0.1, 0.15) is 49.6 Å². The van der Waals surface area contributed by atoms with Gasteiger partial charge in [-0.3, -0.25) is 24.1 Å². The van der Waals surface area contributed by atoms with Crippen LogP contribution in [0.15, 0.2) is 33.9 Å². The second-order valence-corrected chi connectivity index (χ2v) is 12.7. The number of hydrogen-bond donors (Lipinski definition) is 3. The van der Waals surface area contributed by atoms with Crippen LogP contribution in [-0.4, -0.2) is 92.8 Å². The van der Waals surface area contributed by atoms with Gasteiger partial charge in [-0.2, -0.15) is 0 Å². The molecular formula is C27H29N6O9S2+. The number of anilines is 1. The van der Waals surface area contributed by atoms with Crippen molar-refractivity contribution in [2.45, 2.75) is 38.4 Å². The van der Waals surface area contributed by atoms with Crippen molar-refractivity contribution in [3.05, 3.63) is 45.6 Å². The molecule has 1 fully saturated rings. The second kappa shape index (κ2) is 11.9. The third kappa shape index (κ3) is 5.97. The van der Waals surface area contributed by atoms with Gasteiger partial charge in [-0.05, 0) is 12.1 Å². The van der Waals surface area contributed by atoms with Gasteiger partial charge in [0.05, 0.1) is 7.05 Å². The van der Waals surface area contributed by atoms with Gasteiger partial charge in [0.15, 0.2) is 22.3 Å². The summed E-state index contributed by atoms with van der Waals surface area (Å²) >= 11 is 2.46. The smallest absolute Gasteiger partial charge is 0.352 e. The van der Waals surface area contributed by atoms with Crippen LogP contribution in [0.25, 0.3) is 0 Å². The standard InChI is InChI=1S/C27H28N6O9S2/c1-12(34)41-18-5-14-7-33(3,8-15(14)6-19(18)42-13(2)35)9-16-10-43-25-21(24(37)32(25)22(16)26(38)39)30-23(36)20(31-40-4)17-11-44-27(28)29-17/h5-6,11,21,25H,7-10H2,1-4H3,(H3-,28,29,30,36,38,39)/p+1/b31-20-/t21?,25-/m1/s1. The molecule has 0 bridgehead atoms. The summed E-state index contributed by atoms with van der Waals surface area (Å²) < 4.78 is 10.9. The number of carbonyl (C=O) groups is 5. The first-order valence-corrected chi connectivity index (χ1v) is 15.1. The van der Waals surface area contributed by atoms with Crippen LogP contribution in [0.2, 0.25) is 0 Å². The molecule has 0 radical (unpaired) electrons. The summed E-state index contributed by atoms with van der Waals surface area (Å²) in [6.07, 6.45) is 0. The number of fused-ring (bicyclic) bond motifs is 2. The summed E-state index contributed by atoms with van der Waals surface area (Å²) in [6.45, 7) is 3.75. The molecule has 0 aliphatic carbocycles. The number of hydrogen-bond acceptors (Lipinski definition) is 13. The maximum Gasteiger partial charge on any atom is 0.352 e. The minimum atomic E-state index is -1.25. The monoisotopic (exact) mass is 645 g/mol. The van der Waals surface area contributed by atoms with Crippen LogP contribution in [0.1, 0.15) is 30.7 Å². The number of carbonyl (C=O) groups excluding carboxylic acids is 4. The SMILES string of the molecule is CO/N=C(\C(=O)NC1C(=O)N2C(C(=O)O)=C(C[N+]3(C)Cc4cc(OC(C)=O)c(OC(C)=O)cc4C3)CS[C@H]12)c1csc(N)n1. The van der Waals surface area contributed by atoms with Crippen molar-refractivity contribution in [3.8, 4) is 11.5 Å². The average molecular weight is 646 g/mol. The highest BCUT2D eigenvalue weighted by atomic mass is 32.2. The Labute approximate surface area is 259 Å². The molecule has 4 heterocycles. The molecule has 1 saturated heterocycles. The fourth-order valence-corrected chi connectivity index (χ4v) is 7.45. The number of aromatic nitrogens is 1. The van der Waals surface area contributed by atoms with E-state index < -0.39 is 41.1 Å². The predicted octanol–water partition coefficient (Wildman–Crippen LogP) is 0.825. The number of rotatable bonds is 9. The molecule has 17 heteroatoms. The summed E-state index contributed by atoms with van der Waals surface area (Å²) in [6, 6.07) is 2.33. The van der Waals surface area contributed by atoms with E-state index in [9.17, 15) is 29.1 Å². The lowest BCUT2D eigenvalue weighted by Gasteiger charge is -2.49. The molecule has 2 amide bonds. The van der Waals surface area contributed by atoms with Gasteiger partial charge in [-0.1, -0.05) is 5.16 Å². The van der Waals surface area contributed by atoms with E-state index in [2.05, 4.69) is 15.5 Å². The van der Waals surface area contributed by atoms with Gasteiger partial charge in [0.2, 0.25) is 0 Å². The number of ether oxygens (including phenoxy) is 2. The van der Waals surface area contributed by atoms with Crippen LogP contribution in [0.4, 0.5) is 5.13 Å². The molecule has 44 heavy (non-hydrogen) atoms. The van der Waals surface area contributed by atoms with Crippen LogP contribution in [0.3, 0.4) is 0 Å². The molecule has 0 saturated carbocycles. The number of nitrogens with zero attached hydrogens (tertiary/aromatic N) is 4. The number of β-lactam (4-membered cyclic amide) rings is 1. The van der Waals surface area contributed by atoms with Gasteiger partial charge in [-0.15, -0.1) is 23.1 Å². The summed E-state index contributed by atoms with van der Waals surface area (Å²) in [7, 11) is 3.21. The third-order valence-electron chi connectivity index (χ3n) is 7.15. The van der Waals surface area contributed by atoms with Crippen molar-refractivity contribution >= 4 is 63.7 Å². The zero-order valence-electron chi connectivity index (χ0n) is 24.1. The molecule has 2 atom stereocenters. The van der Waals surface area contributed by atoms with Crippen molar-refractivity contribution in [1.29, 1.82) is 0 Å². The molecule has 5 rings (SSSR count). The Morgan fingerprint density at radius 2 is 1.77 bits per heavy atom.